The molecule has 1 rings (SSSR count). The molecule has 0 aliphatic heterocycles. The molecule has 0 aromatic heterocycles. The number of hydrogen-bond donors (Lipinski definition) is 1. The van der Waals surface area contributed by atoms with Gasteiger partial charge in [0.15, 0.2) is 0 Å². The van der Waals surface area contributed by atoms with Gasteiger partial charge in [-0.3, -0.25) is 0 Å². The molecule has 1 aromatic carbocycles. The Labute approximate surface area is 118 Å². The van der Waals surface area contributed by atoms with E-state index in [0.29, 0.717) is 11.0 Å². The lowest BCUT2D eigenvalue weighted by Crippen LogP contribution is -2.25. The number of hydrogen-bond acceptors (Lipinski definition) is 1. The predicted octanol–water partition coefficient (Wildman–Crippen LogP) is 4.97. The van der Waals surface area contributed by atoms with Crippen LogP contribution in [0.5, 0.6) is 0 Å². The topological polar surface area (TPSA) is 12.0 Å². The van der Waals surface area contributed by atoms with Crippen LogP contribution in [0.15, 0.2) is 22.7 Å². The Morgan fingerprint density at radius 2 is 2.00 bits per heavy atom. The highest BCUT2D eigenvalue weighted by Crippen LogP contribution is 2.30. The summed E-state index contributed by atoms with van der Waals surface area (Å²) < 4.78 is 51.3. The maximum Gasteiger partial charge on any atom is 0.389 e. The molecule has 6 heteroatoms. The van der Waals surface area contributed by atoms with Crippen LogP contribution in [0.3, 0.4) is 0 Å². The van der Waals surface area contributed by atoms with Crippen LogP contribution < -0.4 is 5.32 Å². The van der Waals surface area contributed by atoms with E-state index < -0.39 is 24.5 Å². The maximum absolute atomic E-state index is 13.7. The quantitative estimate of drug-likeness (QED) is 0.720. The SMILES string of the molecule is CCCNC(CCC(F)(F)F)c1cc(Br)ccc1F. The first-order valence-electron chi connectivity index (χ1n) is 6.08. The van der Waals surface area contributed by atoms with Crippen LogP contribution >= 0.6 is 15.9 Å². The molecular weight excluding hydrogens is 326 g/mol. The second-order valence-corrected chi connectivity index (χ2v) is 5.24. The Morgan fingerprint density at radius 1 is 1.32 bits per heavy atom. The van der Waals surface area contributed by atoms with E-state index in [9.17, 15) is 17.6 Å². The van der Waals surface area contributed by atoms with Crippen molar-refractivity contribution in [2.45, 2.75) is 38.4 Å². The fraction of sp³-hybridized carbons (Fsp3) is 0.538. The summed E-state index contributed by atoms with van der Waals surface area (Å²) in [7, 11) is 0. The Bertz CT molecular complexity index is 406. The Balaban J connectivity index is 2.85. The summed E-state index contributed by atoms with van der Waals surface area (Å²) in [5.74, 6) is -0.487. The molecule has 1 aromatic rings. The number of rotatable bonds is 6. The summed E-state index contributed by atoms with van der Waals surface area (Å²) in [4.78, 5) is 0. The van der Waals surface area contributed by atoms with E-state index >= 15 is 0 Å². The monoisotopic (exact) mass is 341 g/mol. The normalized spacial score (nSPS) is 13.6. The van der Waals surface area contributed by atoms with Crippen LogP contribution in [0.4, 0.5) is 17.6 Å². The molecule has 19 heavy (non-hydrogen) atoms. The first-order valence-corrected chi connectivity index (χ1v) is 6.88. The van der Waals surface area contributed by atoms with Gasteiger partial charge in [0.25, 0.3) is 0 Å². The molecule has 0 radical (unpaired) electrons. The maximum atomic E-state index is 13.7. The zero-order chi connectivity index (χ0) is 14.5. The lowest BCUT2D eigenvalue weighted by molar-refractivity contribution is -0.136. The first-order chi connectivity index (χ1) is 8.83. The molecule has 1 N–H and O–H groups in total. The zero-order valence-corrected chi connectivity index (χ0v) is 12.1. The second kappa shape index (κ2) is 7.24. The van der Waals surface area contributed by atoms with Crippen LogP contribution in [0, 0.1) is 5.82 Å². The predicted molar refractivity (Wildman–Crippen MR) is 70.4 cm³/mol. The van der Waals surface area contributed by atoms with Gasteiger partial charge >= 0.3 is 6.18 Å². The van der Waals surface area contributed by atoms with Gasteiger partial charge < -0.3 is 5.32 Å². The molecule has 0 saturated heterocycles. The van der Waals surface area contributed by atoms with Crippen molar-refractivity contribution in [1.82, 2.24) is 5.32 Å². The molecule has 0 heterocycles. The van der Waals surface area contributed by atoms with Crippen LogP contribution in [0.2, 0.25) is 0 Å². The first kappa shape index (κ1) is 16.4. The van der Waals surface area contributed by atoms with Crippen LogP contribution in [-0.4, -0.2) is 12.7 Å². The van der Waals surface area contributed by atoms with Crippen molar-refractivity contribution in [2.24, 2.45) is 0 Å². The van der Waals surface area contributed by atoms with Crippen LogP contribution in [0.1, 0.15) is 37.8 Å². The van der Waals surface area contributed by atoms with E-state index in [1.807, 2.05) is 6.92 Å². The summed E-state index contributed by atoms with van der Waals surface area (Å²) in [6, 6.07) is 3.69. The summed E-state index contributed by atoms with van der Waals surface area (Å²) >= 11 is 3.21. The lowest BCUT2D eigenvalue weighted by Gasteiger charge is -2.20. The standard InChI is InChI=1S/C13H16BrF4N/c1-2-7-19-12(5-6-13(16,17)18)10-8-9(14)3-4-11(10)15/h3-4,8,12,19H,2,5-7H2,1H3. The number of alkyl halides is 3. The van der Waals surface area contributed by atoms with Gasteiger partial charge in [-0.2, -0.15) is 13.2 Å². The molecule has 1 atom stereocenters. The van der Waals surface area contributed by atoms with Crippen molar-refractivity contribution in [3.8, 4) is 0 Å². The molecule has 0 fully saturated rings. The molecule has 0 amide bonds. The fourth-order valence-electron chi connectivity index (χ4n) is 1.78. The molecular formula is C13H16BrF4N. The number of halogens is 5. The highest BCUT2D eigenvalue weighted by Gasteiger charge is 2.29. The van der Waals surface area contributed by atoms with Gasteiger partial charge in [0, 0.05) is 22.5 Å². The summed E-state index contributed by atoms with van der Waals surface area (Å²) in [5.41, 5.74) is 0.270. The largest absolute Gasteiger partial charge is 0.389 e. The van der Waals surface area contributed by atoms with E-state index in [-0.39, 0.29) is 12.0 Å². The minimum Gasteiger partial charge on any atom is -0.310 e. The third-order valence-corrected chi connectivity index (χ3v) is 3.18. The number of nitrogens with one attached hydrogen (secondary N) is 1. The molecule has 0 spiro atoms. The van der Waals surface area contributed by atoms with Gasteiger partial charge in [-0.1, -0.05) is 22.9 Å². The van der Waals surface area contributed by atoms with Crippen molar-refractivity contribution in [1.29, 1.82) is 0 Å². The molecule has 108 valence electrons. The average molecular weight is 342 g/mol. The van der Waals surface area contributed by atoms with Crippen LogP contribution in [-0.2, 0) is 0 Å². The van der Waals surface area contributed by atoms with Gasteiger partial charge in [-0.25, -0.2) is 4.39 Å². The van der Waals surface area contributed by atoms with E-state index in [4.69, 9.17) is 0 Å². The van der Waals surface area contributed by atoms with E-state index in [2.05, 4.69) is 21.2 Å². The average Bonchev–Trinajstić information content (AvgIpc) is 2.32. The zero-order valence-electron chi connectivity index (χ0n) is 10.5. The highest BCUT2D eigenvalue weighted by molar-refractivity contribution is 9.10. The minimum absolute atomic E-state index is 0.170. The Hall–Kier alpha value is -0.620. The van der Waals surface area contributed by atoms with Crippen molar-refractivity contribution in [3.63, 3.8) is 0 Å². The molecule has 0 aliphatic rings. The van der Waals surface area contributed by atoms with E-state index in [1.54, 1.807) is 0 Å². The van der Waals surface area contributed by atoms with E-state index in [0.717, 1.165) is 6.42 Å². The Kier molecular flexibility index (Phi) is 6.26. The molecule has 1 unspecified atom stereocenters. The second-order valence-electron chi connectivity index (χ2n) is 4.33. The van der Waals surface area contributed by atoms with Gasteiger partial charge in [0.2, 0.25) is 0 Å². The molecule has 0 aliphatic carbocycles. The van der Waals surface area contributed by atoms with Crippen molar-refractivity contribution >= 4 is 15.9 Å². The van der Waals surface area contributed by atoms with Crippen molar-refractivity contribution < 1.29 is 17.6 Å². The van der Waals surface area contributed by atoms with Gasteiger partial charge in [0.05, 0.1) is 0 Å². The fourth-order valence-corrected chi connectivity index (χ4v) is 2.15. The summed E-state index contributed by atoms with van der Waals surface area (Å²) in [6.45, 7) is 2.46. The molecule has 0 saturated carbocycles. The van der Waals surface area contributed by atoms with E-state index in [1.165, 1.54) is 18.2 Å². The van der Waals surface area contributed by atoms with Gasteiger partial charge in [-0.05, 0) is 37.6 Å². The van der Waals surface area contributed by atoms with Crippen LogP contribution in [0.25, 0.3) is 0 Å². The summed E-state index contributed by atoms with van der Waals surface area (Å²) in [6.07, 6.45) is -4.55. The third-order valence-electron chi connectivity index (χ3n) is 2.69. The smallest absolute Gasteiger partial charge is 0.310 e. The number of benzene rings is 1. The highest BCUT2D eigenvalue weighted by atomic mass is 79.9. The third kappa shape index (κ3) is 5.91. The molecule has 0 bridgehead atoms. The molecule has 1 nitrogen and oxygen atoms in total. The minimum atomic E-state index is -4.23. The van der Waals surface area contributed by atoms with Crippen molar-refractivity contribution in [3.05, 3.63) is 34.1 Å². The van der Waals surface area contributed by atoms with Crippen molar-refractivity contribution in [2.75, 3.05) is 6.54 Å². The lowest BCUT2D eigenvalue weighted by atomic mass is 10.0. The summed E-state index contributed by atoms with van der Waals surface area (Å²) in [5, 5.41) is 2.97. The van der Waals surface area contributed by atoms with Gasteiger partial charge in [-0.15, -0.1) is 0 Å². The van der Waals surface area contributed by atoms with Gasteiger partial charge in [0.1, 0.15) is 5.82 Å². The Morgan fingerprint density at radius 3 is 2.58 bits per heavy atom.